The van der Waals surface area contributed by atoms with Crippen molar-refractivity contribution < 1.29 is 9.72 Å². The lowest BCUT2D eigenvalue weighted by molar-refractivity contribution is -0.384. The van der Waals surface area contributed by atoms with E-state index in [9.17, 15) is 14.9 Å². The lowest BCUT2D eigenvalue weighted by Crippen LogP contribution is -1.91. The molecule has 0 fully saturated rings. The zero-order valence-corrected chi connectivity index (χ0v) is 10.4. The molecule has 1 aromatic carbocycles. The number of nitrogens with zero attached hydrogens (tertiary/aromatic N) is 2. The Kier molecular flexibility index (Phi) is 3.47. The first kappa shape index (κ1) is 12.4. The Morgan fingerprint density at radius 2 is 2.06 bits per heavy atom. The van der Waals surface area contributed by atoms with Crippen LogP contribution in [-0.2, 0) is 6.42 Å². The van der Waals surface area contributed by atoms with Crippen LogP contribution in [0.5, 0.6) is 0 Å². The predicted octanol–water partition coefficient (Wildman–Crippen LogP) is 2.76. The summed E-state index contributed by atoms with van der Waals surface area (Å²) in [5, 5.41) is 11.4. The SMILES string of the molecule is Cc1sc(Cc2ccc([N+](=O)[O-])cc2)nc1C=O. The molecule has 5 nitrogen and oxygen atoms in total. The predicted molar refractivity (Wildman–Crippen MR) is 68.1 cm³/mol. The van der Waals surface area contributed by atoms with Gasteiger partial charge in [0.05, 0.1) is 9.93 Å². The van der Waals surface area contributed by atoms with Crippen LogP contribution < -0.4 is 0 Å². The van der Waals surface area contributed by atoms with Crippen molar-refractivity contribution >= 4 is 23.3 Å². The maximum absolute atomic E-state index is 10.7. The summed E-state index contributed by atoms with van der Waals surface area (Å²) in [6, 6.07) is 6.35. The number of nitro groups is 1. The lowest BCUT2D eigenvalue weighted by atomic mass is 10.1. The van der Waals surface area contributed by atoms with Gasteiger partial charge in [0.1, 0.15) is 5.69 Å². The van der Waals surface area contributed by atoms with Crippen LogP contribution in [0.15, 0.2) is 24.3 Å². The highest BCUT2D eigenvalue weighted by atomic mass is 32.1. The first-order valence-electron chi connectivity index (χ1n) is 5.25. The van der Waals surface area contributed by atoms with Crippen molar-refractivity contribution in [3.63, 3.8) is 0 Å². The highest BCUT2D eigenvalue weighted by Gasteiger charge is 2.09. The Bertz CT molecular complexity index is 590. The van der Waals surface area contributed by atoms with E-state index in [0.717, 1.165) is 21.7 Å². The number of carbonyl (C=O) groups is 1. The molecule has 0 saturated heterocycles. The van der Waals surface area contributed by atoms with E-state index in [4.69, 9.17) is 0 Å². The quantitative estimate of drug-likeness (QED) is 0.482. The van der Waals surface area contributed by atoms with Gasteiger partial charge >= 0.3 is 0 Å². The van der Waals surface area contributed by atoms with Crippen LogP contribution in [0.1, 0.15) is 25.9 Å². The van der Waals surface area contributed by atoms with Gasteiger partial charge in [0.25, 0.3) is 5.69 Å². The number of aryl methyl sites for hydroxylation is 1. The molecule has 0 aliphatic heterocycles. The van der Waals surface area contributed by atoms with Crippen molar-refractivity contribution in [2.45, 2.75) is 13.3 Å². The number of aromatic nitrogens is 1. The van der Waals surface area contributed by atoms with E-state index in [1.165, 1.54) is 23.5 Å². The molecule has 0 atom stereocenters. The highest BCUT2D eigenvalue weighted by Crippen LogP contribution is 2.20. The molecule has 2 aromatic rings. The molecule has 2 rings (SSSR count). The third-order valence-corrected chi connectivity index (χ3v) is 3.48. The Morgan fingerprint density at radius 1 is 1.39 bits per heavy atom. The topological polar surface area (TPSA) is 73.1 Å². The smallest absolute Gasteiger partial charge is 0.269 e. The van der Waals surface area contributed by atoms with Gasteiger partial charge in [0.15, 0.2) is 6.29 Å². The maximum Gasteiger partial charge on any atom is 0.269 e. The molecule has 0 radical (unpaired) electrons. The number of carbonyl (C=O) groups excluding carboxylic acids is 1. The molecule has 0 unspecified atom stereocenters. The van der Waals surface area contributed by atoms with Gasteiger partial charge in [-0.05, 0) is 12.5 Å². The Balaban J connectivity index is 2.17. The van der Waals surface area contributed by atoms with Crippen LogP contribution in [0.4, 0.5) is 5.69 Å². The molecule has 6 heteroatoms. The zero-order chi connectivity index (χ0) is 13.1. The highest BCUT2D eigenvalue weighted by molar-refractivity contribution is 7.11. The average molecular weight is 262 g/mol. The van der Waals surface area contributed by atoms with E-state index in [2.05, 4.69) is 4.98 Å². The largest absolute Gasteiger partial charge is 0.296 e. The molecule has 18 heavy (non-hydrogen) atoms. The first-order chi connectivity index (χ1) is 8.60. The minimum Gasteiger partial charge on any atom is -0.296 e. The molecule has 0 N–H and O–H groups in total. The van der Waals surface area contributed by atoms with Crippen molar-refractivity contribution in [3.8, 4) is 0 Å². The minimum atomic E-state index is -0.429. The molecule has 0 amide bonds. The van der Waals surface area contributed by atoms with E-state index in [1.54, 1.807) is 12.1 Å². The van der Waals surface area contributed by atoms with Gasteiger partial charge < -0.3 is 0 Å². The fourth-order valence-electron chi connectivity index (χ4n) is 1.56. The Morgan fingerprint density at radius 3 is 2.56 bits per heavy atom. The second kappa shape index (κ2) is 5.05. The summed E-state index contributed by atoms with van der Waals surface area (Å²) in [4.78, 5) is 25.9. The summed E-state index contributed by atoms with van der Waals surface area (Å²) < 4.78 is 0. The van der Waals surface area contributed by atoms with Gasteiger partial charge in [-0.3, -0.25) is 14.9 Å². The van der Waals surface area contributed by atoms with E-state index < -0.39 is 4.92 Å². The summed E-state index contributed by atoms with van der Waals surface area (Å²) in [5.74, 6) is 0. The monoisotopic (exact) mass is 262 g/mol. The fraction of sp³-hybridized carbons (Fsp3) is 0.167. The van der Waals surface area contributed by atoms with Gasteiger partial charge in [0.2, 0.25) is 0 Å². The number of hydrogen-bond donors (Lipinski definition) is 0. The summed E-state index contributed by atoms with van der Waals surface area (Å²) >= 11 is 1.47. The molecule has 1 aromatic heterocycles. The Hall–Kier alpha value is -2.08. The van der Waals surface area contributed by atoms with Crippen LogP contribution in [0, 0.1) is 17.0 Å². The molecule has 1 heterocycles. The number of benzene rings is 1. The average Bonchev–Trinajstić information content (AvgIpc) is 2.70. The summed E-state index contributed by atoms with van der Waals surface area (Å²) in [6.45, 7) is 1.85. The van der Waals surface area contributed by atoms with Crippen molar-refractivity contribution in [1.29, 1.82) is 0 Å². The van der Waals surface area contributed by atoms with Crippen LogP contribution in [0.2, 0.25) is 0 Å². The lowest BCUT2D eigenvalue weighted by Gasteiger charge is -1.97. The number of hydrogen-bond acceptors (Lipinski definition) is 5. The normalized spacial score (nSPS) is 10.3. The molecule has 0 bridgehead atoms. The molecule has 0 aliphatic rings. The summed E-state index contributed by atoms with van der Waals surface area (Å²) in [5.41, 5.74) is 1.48. The van der Waals surface area contributed by atoms with Crippen molar-refractivity contribution in [1.82, 2.24) is 4.98 Å². The van der Waals surface area contributed by atoms with Gasteiger partial charge in [-0.1, -0.05) is 12.1 Å². The number of aldehydes is 1. The minimum absolute atomic E-state index is 0.0719. The molecule has 0 saturated carbocycles. The van der Waals surface area contributed by atoms with Crippen LogP contribution in [0.3, 0.4) is 0 Å². The summed E-state index contributed by atoms with van der Waals surface area (Å²) in [6.07, 6.45) is 1.32. The molecular weight excluding hydrogens is 252 g/mol. The standard InChI is InChI=1S/C12H10N2O3S/c1-8-11(7-15)13-12(18-8)6-9-2-4-10(5-3-9)14(16)17/h2-5,7H,6H2,1H3. The summed E-state index contributed by atoms with van der Waals surface area (Å²) in [7, 11) is 0. The fourth-order valence-corrected chi connectivity index (χ4v) is 2.49. The zero-order valence-electron chi connectivity index (χ0n) is 9.62. The number of thiazole rings is 1. The molecular formula is C12H10N2O3S. The van der Waals surface area contributed by atoms with Crippen LogP contribution in [0.25, 0.3) is 0 Å². The van der Waals surface area contributed by atoms with E-state index >= 15 is 0 Å². The van der Waals surface area contributed by atoms with E-state index in [-0.39, 0.29) is 5.69 Å². The maximum atomic E-state index is 10.7. The van der Waals surface area contributed by atoms with E-state index in [1.807, 2.05) is 6.92 Å². The first-order valence-corrected chi connectivity index (χ1v) is 6.06. The van der Waals surface area contributed by atoms with Crippen LogP contribution in [-0.4, -0.2) is 16.2 Å². The third-order valence-electron chi connectivity index (χ3n) is 2.49. The second-order valence-corrected chi connectivity index (χ2v) is 5.05. The Labute approximate surface area is 107 Å². The van der Waals surface area contributed by atoms with E-state index in [0.29, 0.717) is 12.1 Å². The van der Waals surface area contributed by atoms with Crippen molar-refractivity contribution in [3.05, 3.63) is 55.5 Å². The van der Waals surface area contributed by atoms with Gasteiger partial charge in [-0.15, -0.1) is 11.3 Å². The molecule has 92 valence electrons. The molecule has 0 aliphatic carbocycles. The second-order valence-electron chi connectivity index (χ2n) is 3.77. The van der Waals surface area contributed by atoms with Crippen molar-refractivity contribution in [2.24, 2.45) is 0 Å². The molecule has 0 spiro atoms. The van der Waals surface area contributed by atoms with Gasteiger partial charge in [-0.2, -0.15) is 0 Å². The third kappa shape index (κ3) is 2.60. The van der Waals surface area contributed by atoms with Gasteiger partial charge in [-0.25, -0.2) is 4.98 Å². The van der Waals surface area contributed by atoms with Gasteiger partial charge in [0, 0.05) is 23.4 Å². The number of nitro benzene ring substituents is 1. The number of non-ortho nitro benzene ring substituents is 1. The van der Waals surface area contributed by atoms with Crippen LogP contribution >= 0.6 is 11.3 Å². The van der Waals surface area contributed by atoms with Crippen molar-refractivity contribution in [2.75, 3.05) is 0 Å². The number of rotatable bonds is 4.